The van der Waals surface area contributed by atoms with Crippen LogP contribution in [0, 0.1) is 0 Å². The Hall–Kier alpha value is 0.985. The van der Waals surface area contributed by atoms with E-state index in [0.29, 0.717) is 0 Å². The predicted molar refractivity (Wildman–Crippen MR) is 127 cm³/mol. The summed E-state index contributed by atoms with van der Waals surface area (Å²) in [6.07, 6.45) is 8.29. The van der Waals surface area contributed by atoms with Gasteiger partial charge in [-0.2, -0.15) is 0 Å². The summed E-state index contributed by atoms with van der Waals surface area (Å²) in [4.78, 5) is 4.72. The van der Waals surface area contributed by atoms with Gasteiger partial charge in [0.25, 0.3) is 14.1 Å². The third-order valence-electron chi connectivity index (χ3n) is 4.89. The van der Waals surface area contributed by atoms with Gasteiger partial charge in [-0.3, -0.25) is 0 Å². The van der Waals surface area contributed by atoms with Crippen molar-refractivity contribution in [1.82, 2.24) is 9.80 Å². The standard InChI is InChI=1S/2C5H11N.C4H10.4C2H5.2Al/c2*1-6-4-2-3-5-6;1-3-4-2;4*1-2;;/h2*2-5H2,1H3;3-4H2,1-2H3;4*1H2,2H3;;. The zero-order valence-corrected chi connectivity index (χ0v) is 22.3. The van der Waals surface area contributed by atoms with Crippen LogP contribution in [0.3, 0.4) is 0 Å². The first-order valence-corrected chi connectivity index (χ1v) is 14.8. The number of rotatable bonds is 4. The highest BCUT2D eigenvalue weighted by atomic mass is 27.2. The van der Waals surface area contributed by atoms with E-state index in [0.717, 1.165) is 0 Å². The Balaban J connectivity index is -0.000000262. The number of likely N-dealkylation sites (tertiary alicyclic amines) is 2. The van der Waals surface area contributed by atoms with Crippen LogP contribution in [0.25, 0.3) is 0 Å². The van der Waals surface area contributed by atoms with Crippen molar-refractivity contribution in [3.8, 4) is 0 Å². The Labute approximate surface area is 181 Å². The summed E-state index contributed by atoms with van der Waals surface area (Å²) in [5.41, 5.74) is 0. The molecule has 2 radical (unpaired) electrons. The zero-order chi connectivity index (χ0) is 20.6. The quantitative estimate of drug-likeness (QED) is 0.508. The minimum absolute atomic E-state index is 0.171. The molecule has 0 unspecified atom stereocenters. The van der Waals surface area contributed by atoms with Gasteiger partial charge in [0.1, 0.15) is 16.3 Å². The summed E-state index contributed by atoms with van der Waals surface area (Å²) in [6.45, 7) is 18.7. The van der Waals surface area contributed by atoms with E-state index in [-0.39, 0.29) is 14.1 Å². The van der Waals surface area contributed by atoms with Gasteiger partial charge in [0.2, 0.25) is 0 Å². The molecule has 0 aromatic rings. The second-order valence-electron chi connectivity index (χ2n) is 7.52. The van der Waals surface area contributed by atoms with Crippen molar-refractivity contribution >= 4 is 30.4 Å². The van der Waals surface area contributed by atoms with E-state index in [2.05, 4.69) is 81.7 Å². The molecule has 0 atom stereocenters. The van der Waals surface area contributed by atoms with Gasteiger partial charge in [-0.15, -0.1) is 5.28 Å². The van der Waals surface area contributed by atoms with Gasteiger partial charge in [0, 0.05) is 0 Å². The van der Waals surface area contributed by atoms with Crippen LogP contribution in [0.4, 0.5) is 0 Å². The highest BCUT2D eigenvalue weighted by Gasteiger charge is 2.06. The van der Waals surface area contributed by atoms with Crippen LogP contribution in [0.15, 0.2) is 0 Å². The molecule has 0 aromatic carbocycles. The number of unbranched alkanes of at least 4 members (excludes halogenated alkanes) is 1. The maximum absolute atomic E-state index is 2.58. The summed E-state index contributed by atoms with van der Waals surface area (Å²) in [5.74, 6) is 0. The molecule has 0 amide bonds. The maximum atomic E-state index is 2.58. The Kier molecular flexibility index (Phi) is 34.3. The van der Waals surface area contributed by atoms with Crippen molar-refractivity contribution in [2.45, 2.75) is 101 Å². The summed E-state index contributed by atoms with van der Waals surface area (Å²) in [6, 6.07) is 0. The number of hydrogen-bond donors (Lipinski definition) is 0. The summed E-state index contributed by atoms with van der Waals surface area (Å²) < 4.78 is 0. The average molecular weight is 399 g/mol. The van der Waals surface area contributed by atoms with E-state index < -0.39 is 0 Å². The monoisotopic (exact) mass is 398 g/mol. The van der Waals surface area contributed by atoms with E-state index in [1.807, 2.05) is 0 Å². The summed E-state index contributed by atoms with van der Waals surface area (Å²) >= 11 is 2.41. The molecule has 2 fully saturated rings. The molecule has 2 nitrogen and oxygen atoms in total. The van der Waals surface area contributed by atoms with Crippen LogP contribution >= 0.6 is 0 Å². The molecule has 0 bridgehead atoms. The van der Waals surface area contributed by atoms with Gasteiger partial charge in [-0.05, 0) is 66.0 Å². The Morgan fingerprint density at radius 2 is 0.846 bits per heavy atom. The van der Waals surface area contributed by atoms with Crippen molar-refractivity contribution in [2.24, 2.45) is 0 Å². The Morgan fingerprint density at radius 3 is 0.885 bits per heavy atom. The molecule has 156 valence electrons. The van der Waals surface area contributed by atoms with Crippen LogP contribution in [0.1, 0.15) is 80.1 Å². The molecule has 26 heavy (non-hydrogen) atoms. The molecular weight excluding hydrogens is 346 g/mol. The lowest BCUT2D eigenvalue weighted by Crippen LogP contribution is -2.10. The number of hydrogen-bond acceptors (Lipinski definition) is 2. The van der Waals surface area contributed by atoms with Gasteiger partial charge < -0.3 is 9.80 Å². The van der Waals surface area contributed by atoms with Gasteiger partial charge >= 0.3 is 0 Å². The van der Waals surface area contributed by atoms with Crippen molar-refractivity contribution in [3.05, 3.63) is 0 Å². The molecule has 4 heteroatoms. The van der Waals surface area contributed by atoms with Crippen LogP contribution in [0.5, 0.6) is 0 Å². The normalized spacial score (nSPS) is 16.0. The minimum Gasteiger partial charge on any atom is -0.306 e. The molecule has 2 aliphatic rings. The molecule has 2 aliphatic heterocycles. The summed E-state index contributed by atoms with van der Waals surface area (Å²) in [7, 11) is 4.35. The van der Waals surface area contributed by atoms with Gasteiger partial charge in [0.05, 0.1) is 0 Å². The second-order valence-corrected chi connectivity index (χ2v) is 12.5. The first-order valence-electron chi connectivity index (χ1n) is 11.5. The molecule has 2 rings (SSSR count). The summed E-state index contributed by atoms with van der Waals surface area (Å²) in [5, 5.41) is 5.65. The first-order chi connectivity index (χ1) is 12.5. The Morgan fingerprint density at radius 1 is 0.615 bits per heavy atom. The molecular formula is C22H52Al2N2. The molecule has 0 saturated carbocycles. The highest BCUT2D eigenvalue weighted by Crippen LogP contribution is 2.03. The van der Waals surface area contributed by atoms with Crippen molar-refractivity contribution < 1.29 is 0 Å². The third-order valence-corrected chi connectivity index (χ3v) is 8.36. The SMILES string of the molecule is CCCC.CN1CCCC1.CN1CCCC1.C[CH2][Al].C[CH2][Al]([CH2]C)[CH2]C. The third kappa shape index (κ3) is 29.7. The van der Waals surface area contributed by atoms with Crippen molar-refractivity contribution in [2.75, 3.05) is 40.3 Å². The lowest BCUT2D eigenvalue weighted by atomic mass is 10.4. The van der Waals surface area contributed by atoms with Gasteiger partial charge in [0.15, 0.2) is 0 Å². The molecule has 2 heterocycles. The minimum atomic E-state index is -0.171. The maximum Gasteiger partial charge on any atom is 0.261 e. The fourth-order valence-electron chi connectivity index (χ4n) is 2.62. The topological polar surface area (TPSA) is 6.48 Å². The largest absolute Gasteiger partial charge is 0.306 e. The Bertz CT molecular complexity index is 191. The van der Waals surface area contributed by atoms with Gasteiger partial charge in [-0.1, -0.05) is 70.2 Å². The highest BCUT2D eigenvalue weighted by molar-refractivity contribution is 6.58. The molecule has 0 spiro atoms. The molecule has 2 saturated heterocycles. The van der Waals surface area contributed by atoms with E-state index in [9.17, 15) is 0 Å². The van der Waals surface area contributed by atoms with Crippen molar-refractivity contribution in [3.63, 3.8) is 0 Å². The predicted octanol–water partition coefficient (Wildman–Crippen LogP) is 6.36. The number of nitrogens with zero attached hydrogens (tertiary/aromatic N) is 2. The fraction of sp³-hybridized carbons (Fsp3) is 1.00. The van der Waals surface area contributed by atoms with Crippen molar-refractivity contribution in [1.29, 1.82) is 0 Å². The van der Waals surface area contributed by atoms with E-state index in [1.54, 1.807) is 0 Å². The van der Waals surface area contributed by atoms with E-state index >= 15 is 0 Å². The fourth-order valence-corrected chi connectivity index (χ4v) is 4.35. The van der Waals surface area contributed by atoms with Crippen LogP contribution in [-0.2, 0) is 0 Å². The zero-order valence-electron chi connectivity index (χ0n) is 19.9. The van der Waals surface area contributed by atoms with Gasteiger partial charge in [-0.25, -0.2) is 0 Å². The van der Waals surface area contributed by atoms with Crippen LogP contribution in [0.2, 0.25) is 21.1 Å². The second kappa shape index (κ2) is 28.2. The van der Waals surface area contributed by atoms with Crippen LogP contribution in [-0.4, -0.2) is 80.5 Å². The lowest BCUT2D eigenvalue weighted by Gasteiger charge is -2.01. The van der Waals surface area contributed by atoms with E-state index in [1.165, 1.54) is 85.8 Å². The molecule has 0 N–H and O–H groups in total. The smallest absolute Gasteiger partial charge is 0.261 e. The van der Waals surface area contributed by atoms with Crippen LogP contribution < -0.4 is 0 Å². The average Bonchev–Trinajstić information content (AvgIpc) is 3.32. The lowest BCUT2D eigenvalue weighted by molar-refractivity contribution is 0.418. The first kappa shape index (κ1) is 31.7. The molecule has 0 aliphatic carbocycles. The molecule has 0 aromatic heterocycles. The van der Waals surface area contributed by atoms with E-state index in [4.69, 9.17) is 0 Å².